The van der Waals surface area contributed by atoms with Crippen LogP contribution in [-0.4, -0.2) is 44.2 Å². The zero-order valence-corrected chi connectivity index (χ0v) is 16.6. The first-order valence-corrected chi connectivity index (χ1v) is 9.53. The van der Waals surface area contributed by atoms with Crippen molar-refractivity contribution in [2.24, 2.45) is 0 Å². The van der Waals surface area contributed by atoms with E-state index in [-0.39, 0.29) is 41.8 Å². The summed E-state index contributed by atoms with van der Waals surface area (Å²) < 4.78 is 0. The molecule has 1 amide bonds. The fourth-order valence-corrected chi connectivity index (χ4v) is 3.59. The number of Topliss-reactive ketones (excluding diaryl/α,β-unsaturated/α-hetero) is 1. The molecule has 1 fully saturated rings. The lowest BCUT2D eigenvalue weighted by Crippen LogP contribution is -2.31. The molecule has 1 heterocycles. The summed E-state index contributed by atoms with van der Waals surface area (Å²) in [7, 11) is 0. The Morgan fingerprint density at radius 1 is 1.10 bits per heavy atom. The lowest BCUT2D eigenvalue weighted by atomic mass is 9.94. The lowest BCUT2D eigenvalue weighted by molar-refractivity contribution is -0.385. The van der Waals surface area contributed by atoms with E-state index >= 15 is 0 Å². The van der Waals surface area contributed by atoms with E-state index in [2.05, 4.69) is 0 Å². The molecule has 2 aromatic rings. The standard InChI is InChI=1S/C22H20N2O7/c1-13-8-10-14(11-9-13)20(27)18-19(15-5-2-3-6-16(15)24(30)31)23(22(29)21(18)28)12-4-7-17(25)26/h2-3,5-6,8-11,19,27H,4,7,12H2,1H3,(H,25,26)/t19-/m1/s1. The second kappa shape index (κ2) is 8.78. The minimum Gasteiger partial charge on any atom is -0.507 e. The Balaban J connectivity index is 2.18. The third-order valence-electron chi connectivity index (χ3n) is 5.08. The Hall–Kier alpha value is -4.01. The molecule has 9 heteroatoms. The molecule has 1 aliphatic heterocycles. The largest absolute Gasteiger partial charge is 0.507 e. The Bertz CT molecular complexity index is 1090. The molecular formula is C22H20N2O7. The number of nitro groups is 1. The van der Waals surface area contributed by atoms with E-state index in [1.165, 1.54) is 24.3 Å². The van der Waals surface area contributed by atoms with Gasteiger partial charge in [-0.05, 0) is 19.4 Å². The van der Waals surface area contributed by atoms with Gasteiger partial charge in [-0.3, -0.25) is 24.5 Å². The molecular weight excluding hydrogens is 404 g/mol. The average Bonchev–Trinajstić information content (AvgIpc) is 2.98. The van der Waals surface area contributed by atoms with Crippen molar-refractivity contribution in [3.8, 4) is 0 Å². The molecule has 1 atom stereocenters. The minimum atomic E-state index is -1.21. The number of carboxylic acids is 1. The highest BCUT2D eigenvalue weighted by Crippen LogP contribution is 2.42. The normalized spacial score (nSPS) is 17.7. The number of hydrogen-bond donors (Lipinski definition) is 2. The van der Waals surface area contributed by atoms with Crippen LogP contribution in [0.1, 0.15) is 35.6 Å². The summed E-state index contributed by atoms with van der Waals surface area (Å²) in [4.78, 5) is 48.6. The van der Waals surface area contributed by atoms with Crippen molar-refractivity contribution < 1.29 is 29.5 Å². The van der Waals surface area contributed by atoms with E-state index < -0.39 is 34.4 Å². The number of nitrogens with zero attached hydrogens (tertiary/aromatic N) is 2. The van der Waals surface area contributed by atoms with E-state index in [1.54, 1.807) is 24.3 Å². The van der Waals surface area contributed by atoms with Crippen molar-refractivity contribution in [3.63, 3.8) is 0 Å². The van der Waals surface area contributed by atoms with Gasteiger partial charge in [0, 0.05) is 24.6 Å². The van der Waals surface area contributed by atoms with Crippen LogP contribution < -0.4 is 0 Å². The van der Waals surface area contributed by atoms with Gasteiger partial charge in [-0.2, -0.15) is 0 Å². The predicted molar refractivity (Wildman–Crippen MR) is 110 cm³/mol. The van der Waals surface area contributed by atoms with Gasteiger partial charge in [-0.25, -0.2) is 0 Å². The number of aliphatic hydroxyl groups is 1. The van der Waals surface area contributed by atoms with E-state index in [1.807, 2.05) is 6.92 Å². The smallest absolute Gasteiger partial charge is 0.303 e. The Morgan fingerprint density at radius 3 is 2.35 bits per heavy atom. The highest BCUT2D eigenvalue weighted by molar-refractivity contribution is 6.46. The Kier molecular flexibility index (Phi) is 6.15. The van der Waals surface area contributed by atoms with Crippen molar-refractivity contribution in [2.45, 2.75) is 25.8 Å². The molecule has 0 bridgehead atoms. The number of hydrogen-bond acceptors (Lipinski definition) is 6. The number of para-hydroxylation sites is 1. The van der Waals surface area contributed by atoms with Crippen LogP contribution in [0.3, 0.4) is 0 Å². The maximum absolute atomic E-state index is 12.9. The van der Waals surface area contributed by atoms with Gasteiger partial charge in [0.1, 0.15) is 5.76 Å². The number of benzene rings is 2. The van der Waals surface area contributed by atoms with Crippen molar-refractivity contribution in [3.05, 3.63) is 80.9 Å². The monoisotopic (exact) mass is 424 g/mol. The maximum atomic E-state index is 12.9. The summed E-state index contributed by atoms with van der Waals surface area (Å²) in [5, 5.41) is 31.4. The van der Waals surface area contributed by atoms with Gasteiger partial charge in [0.05, 0.1) is 22.1 Å². The number of carbonyl (C=O) groups excluding carboxylic acids is 2. The highest BCUT2D eigenvalue weighted by atomic mass is 16.6. The van der Waals surface area contributed by atoms with Crippen molar-refractivity contribution in [1.82, 2.24) is 4.90 Å². The number of aliphatic carboxylic acids is 1. The minimum absolute atomic E-state index is 0.0457. The fraction of sp³-hybridized carbons (Fsp3) is 0.227. The molecule has 0 radical (unpaired) electrons. The van der Waals surface area contributed by atoms with Crippen LogP contribution in [0.15, 0.2) is 54.1 Å². The first-order chi connectivity index (χ1) is 14.7. The third kappa shape index (κ3) is 4.30. The first kappa shape index (κ1) is 21.7. The number of nitro benzene ring substituents is 1. The summed E-state index contributed by atoms with van der Waals surface area (Å²) in [6.45, 7) is 1.73. The summed E-state index contributed by atoms with van der Waals surface area (Å²) in [5.41, 5.74) is 0.695. The third-order valence-corrected chi connectivity index (χ3v) is 5.08. The molecule has 1 saturated heterocycles. The summed E-state index contributed by atoms with van der Waals surface area (Å²) in [6, 6.07) is 11.1. The number of amides is 1. The number of ketones is 1. The molecule has 0 unspecified atom stereocenters. The summed E-state index contributed by atoms with van der Waals surface area (Å²) >= 11 is 0. The number of carboxylic acid groups (broad SMARTS) is 1. The van der Waals surface area contributed by atoms with Gasteiger partial charge in [0.15, 0.2) is 0 Å². The van der Waals surface area contributed by atoms with Gasteiger partial charge >= 0.3 is 5.97 Å². The van der Waals surface area contributed by atoms with Crippen LogP contribution >= 0.6 is 0 Å². The average molecular weight is 424 g/mol. The molecule has 0 aliphatic carbocycles. The van der Waals surface area contributed by atoms with Crippen LogP contribution in [0.4, 0.5) is 5.69 Å². The van der Waals surface area contributed by atoms with Crippen LogP contribution in [0.5, 0.6) is 0 Å². The van der Waals surface area contributed by atoms with Crippen molar-refractivity contribution >= 4 is 29.1 Å². The Labute approximate surface area is 177 Å². The van der Waals surface area contributed by atoms with Gasteiger partial charge in [0.25, 0.3) is 17.4 Å². The topological polar surface area (TPSA) is 138 Å². The molecule has 3 rings (SSSR count). The van der Waals surface area contributed by atoms with Crippen molar-refractivity contribution in [1.29, 1.82) is 0 Å². The number of aliphatic hydroxyl groups excluding tert-OH is 1. The molecule has 0 saturated carbocycles. The maximum Gasteiger partial charge on any atom is 0.303 e. The quantitative estimate of drug-likeness (QED) is 0.229. The van der Waals surface area contributed by atoms with Crippen LogP contribution in [-0.2, 0) is 14.4 Å². The molecule has 9 nitrogen and oxygen atoms in total. The summed E-state index contributed by atoms with van der Waals surface area (Å²) in [6.07, 6.45) is -0.200. The molecule has 0 spiro atoms. The SMILES string of the molecule is Cc1ccc(C(O)=C2C(=O)C(=O)N(CCCC(=O)O)[C@@H]2c2ccccc2[N+](=O)[O-])cc1. The molecule has 2 aromatic carbocycles. The highest BCUT2D eigenvalue weighted by Gasteiger charge is 2.47. The number of likely N-dealkylation sites (tertiary alicyclic amines) is 1. The van der Waals surface area contributed by atoms with Crippen LogP contribution in [0.2, 0.25) is 0 Å². The Morgan fingerprint density at radius 2 is 1.74 bits per heavy atom. The van der Waals surface area contributed by atoms with Gasteiger partial charge in [-0.1, -0.05) is 42.0 Å². The van der Waals surface area contributed by atoms with Gasteiger partial charge < -0.3 is 15.1 Å². The van der Waals surface area contributed by atoms with E-state index in [4.69, 9.17) is 5.11 Å². The van der Waals surface area contributed by atoms with Crippen LogP contribution in [0, 0.1) is 17.0 Å². The second-order valence-corrected chi connectivity index (χ2v) is 7.17. The van der Waals surface area contributed by atoms with E-state index in [0.717, 1.165) is 10.5 Å². The van der Waals surface area contributed by atoms with Gasteiger partial charge in [-0.15, -0.1) is 0 Å². The van der Waals surface area contributed by atoms with E-state index in [0.29, 0.717) is 0 Å². The zero-order chi connectivity index (χ0) is 22.7. The van der Waals surface area contributed by atoms with E-state index in [9.17, 15) is 29.6 Å². The number of carbonyl (C=O) groups is 3. The van der Waals surface area contributed by atoms with Gasteiger partial charge in [0.2, 0.25) is 0 Å². The number of rotatable bonds is 7. The molecule has 31 heavy (non-hydrogen) atoms. The summed E-state index contributed by atoms with van der Waals surface area (Å²) in [5.74, 6) is -3.43. The fourth-order valence-electron chi connectivity index (χ4n) is 3.59. The van der Waals surface area contributed by atoms with Crippen molar-refractivity contribution in [2.75, 3.05) is 6.54 Å². The molecule has 160 valence electrons. The molecule has 2 N–H and O–H groups in total. The number of aryl methyl sites for hydroxylation is 1. The van der Waals surface area contributed by atoms with Crippen LogP contribution in [0.25, 0.3) is 5.76 Å². The lowest BCUT2D eigenvalue weighted by Gasteiger charge is -2.25. The molecule has 1 aliphatic rings. The predicted octanol–water partition coefficient (Wildman–Crippen LogP) is 3.19. The molecule has 0 aromatic heterocycles. The second-order valence-electron chi connectivity index (χ2n) is 7.17. The first-order valence-electron chi connectivity index (χ1n) is 9.53. The zero-order valence-electron chi connectivity index (χ0n) is 16.6.